The zero-order chi connectivity index (χ0) is 16.9. The van der Waals surface area contributed by atoms with Gasteiger partial charge in [-0.15, -0.1) is 0 Å². The molecule has 0 aliphatic rings. The van der Waals surface area contributed by atoms with Gasteiger partial charge in [-0.1, -0.05) is 0 Å². The summed E-state index contributed by atoms with van der Waals surface area (Å²) in [5.74, 6) is -0.832. The molecule has 1 aromatic carbocycles. The van der Waals surface area contributed by atoms with Crippen LogP contribution < -0.4 is 10.0 Å². The Morgan fingerprint density at radius 3 is 2.65 bits per heavy atom. The Balaban J connectivity index is 2.24. The summed E-state index contributed by atoms with van der Waals surface area (Å²) in [5.41, 5.74) is 0.0378. The van der Waals surface area contributed by atoms with Crippen LogP contribution in [0.15, 0.2) is 45.9 Å². The number of aliphatic hydroxyl groups is 1. The Kier molecular flexibility index (Phi) is 5.37. The van der Waals surface area contributed by atoms with Gasteiger partial charge in [0.25, 0.3) is 0 Å². The van der Waals surface area contributed by atoms with Crippen LogP contribution in [0.1, 0.15) is 16.1 Å². The van der Waals surface area contributed by atoms with Crippen molar-refractivity contribution in [1.29, 1.82) is 0 Å². The highest BCUT2D eigenvalue weighted by Gasteiger charge is 2.19. The third kappa shape index (κ3) is 4.31. The molecule has 0 atom stereocenters. The lowest BCUT2D eigenvalue weighted by Crippen LogP contribution is -2.23. The van der Waals surface area contributed by atoms with E-state index in [4.69, 9.17) is 9.52 Å². The van der Waals surface area contributed by atoms with E-state index in [2.05, 4.69) is 10.0 Å². The van der Waals surface area contributed by atoms with Gasteiger partial charge in [0.1, 0.15) is 5.76 Å². The normalized spacial score (nSPS) is 11.3. The average molecular weight is 340 g/mol. The zero-order valence-electron chi connectivity index (χ0n) is 12.0. The minimum Gasteiger partial charge on any atom is -0.478 e. The van der Waals surface area contributed by atoms with Gasteiger partial charge in [-0.25, -0.2) is 17.9 Å². The SMILES string of the molecule is O=C(O)c1cc(S(=O)(=O)NCc2ccco2)ccc1NCCO. The van der Waals surface area contributed by atoms with Crippen molar-refractivity contribution in [2.24, 2.45) is 0 Å². The van der Waals surface area contributed by atoms with Crippen LogP contribution in [0.4, 0.5) is 5.69 Å². The Morgan fingerprint density at radius 1 is 1.26 bits per heavy atom. The number of carboxylic acid groups (broad SMARTS) is 1. The van der Waals surface area contributed by atoms with Crippen LogP contribution in [-0.4, -0.2) is 37.8 Å². The van der Waals surface area contributed by atoms with Crippen molar-refractivity contribution < 1.29 is 27.8 Å². The number of aliphatic hydroxyl groups excluding tert-OH is 1. The van der Waals surface area contributed by atoms with Crippen molar-refractivity contribution in [1.82, 2.24) is 4.72 Å². The van der Waals surface area contributed by atoms with E-state index in [1.165, 1.54) is 18.4 Å². The molecule has 0 spiro atoms. The van der Waals surface area contributed by atoms with E-state index in [-0.39, 0.29) is 35.8 Å². The van der Waals surface area contributed by atoms with Gasteiger partial charge in [-0.05, 0) is 30.3 Å². The summed E-state index contributed by atoms with van der Waals surface area (Å²) in [7, 11) is -3.88. The molecule has 0 amide bonds. The van der Waals surface area contributed by atoms with Gasteiger partial charge in [0.2, 0.25) is 10.0 Å². The van der Waals surface area contributed by atoms with E-state index in [0.29, 0.717) is 5.76 Å². The van der Waals surface area contributed by atoms with Crippen molar-refractivity contribution in [2.45, 2.75) is 11.4 Å². The number of aromatic carboxylic acids is 1. The largest absolute Gasteiger partial charge is 0.478 e. The highest BCUT2D eigenvalue weighted by atomic mass is 32.2. The van der Waals surface area contributed by atoms with E-state index < -0.39 is 16.0 Å². The van der Waals surface area contributed by atoms with Crippen LogP contribution in [0.2, 0.25) is 0 Å². The van der Waals surface area contributed by atoms with Crippen molar-refractivity contribution in [3.63, 3.8) is 0 Å². The third-order valence-electron chi connectivity index (χ3n) is 2.98. The molecule has 0 unspecified atom stereocenters. The summed E-state index contributed by atoms with van der Waals surface area (Å²) in [6.45, 7) is -0.0603. The fraction of sp³-hybridized carbons (Fsp3) is 0.214. The monoisotopic (exact) mass is 340 g/mol. The van der Waals surface area contributed by atoms with Crippen molar-refractivity contribution in [3.05, 3.63) is 47.9 Å². The van der Waals surface area contributed by atoms with Gasteiger partial charge in [-0.2, -0.15) is 0 Å². The van der Waals surface area contributed by atoms with Crippen LogP contribution >= 0.6 is 0 Å². The summed E-state index contributed by atoms with van der Waals surface area (Å²) >= 11 is 0. The number of hydrogen-bond donors (Lipinski definition) is 4. The molecule has 2 rings (SSSR count). The van der Waals surface area contributed by atoms with Crippen LogP contribution in [0.5, 0.6) is 0 Å². The van der Waals surface area contributed by atoms with Crippen molar-refractivity contribution in [3.8, 4) is 0 Å². The number of furan rings is 1. The van der Waals surface area contributed by atoms with E-state index in [1.54, 1.807) is 12.1 Å². The maximum atomic E-state index is 12.2. The van der Waals surface area contributed by atoms with Crippen molar-refractivity contribution >= 4 is 21.7 Å². The summed E-state index contributed by atoms with van der Waals surface area (Å²) in [5, 5.41) is 20.7. The molecule has 4 N–H and O–H groups in total. The summed E-state index contributed by atoms with van der Waals surface area (Å²) < 4.78 is 31.8. The second kappa shape index (κ2) is 7.27. The van der Waals surface area contributed by atoms with Crippen LogP contribution in [0.3, 0.4) is 0 Å². The molecule has 0 aliphatic heterocycles. The molecule has 0 bridgehead atoms. The molecular weight excluding hydrogens is 324 g/mol. The van der Waals surface area contributed by atoms with E-state index in [0.717, 1.165) is 6.07 Å². The molecular formula is C14H16N2O6S. The second-order valence-electron chi connectivity index (χ2n) is 4.57. The topological polar surface area (TPSA) is 129 Å². The lowest BCUT2D eigenvalue weighted by Gasteiger charge is -2.11. The quantitative estimate of drug-likeness (QED) is 0.561. The highest BCUT2D eigenvalue weighted by molar-refractivity contribution is 7.89. The van der Waals surface area contributed by atoms with Gasteiger partial charge >= 0.3 is 5.97 Å². The Labute approximate surface area is 132 Å². The first-order valence-electron chi connectivity index (χ1n) is 6.68. The molecule has 1 heterocycles. The molecule has 0 fully saturated rings. The zero-order valence-corrected chi connectivity index (χ0v) is 12.8. The maximum absolute atomic E-state index is 12.2. The minimum atomic E-state index is -3.88. The summed E-state index contributed by atoms with van der Waals surface area (Å²) in [4.78, 5) is 11.1. The van der Waals surface area contributed by atoms with Gasteiger partial charge in [0.15, 0.2) is 0 Å². The third-order valence-corrected chi connectivity index (χ3v) is 4.37. The first kappa shape index (κ1) is 17.0. The fourth-order valence-electron chi connectivity index (χ4n) is 1.87. The van der Waals surface area contributed by atoms with Gasteiger partial charge < -0.3 is 19.9 Å². The van der Waals surface area contributed by atoms with E-state index in [1.807, 2.05) is 0 Å². The van der Waals surface area contributed by atoms with Crippen LogP contribution in [0, 0.1) is 0 Å². The average Bonchev–Trinajstić information content (AvgIpc) is 3.04. The van der Waals surface area contributed by atoms with E-state index in [9.17, 15) is 18.3 Å². The minimum absolute atomic E-state index is 0.0394. The number of rotatable bonds is 8. The number of carbonyl (C=O) groups is 1. The number of nitrogens with one attached hydrogen (secondary N) is 2. The Hall–Kier alpha value is -2.36. The van der Waals surface area contributed by atoms with E-state index >= 15 is 0 Å². The predicted molar refractivity (Wildman–Crippen MR) is 81.7 cm³/mol. The number of hydrogen-bond acceptors (Lipinski definition) is 6. The molecule has 9 heteroatoms. The number of benzene rings is 1. The Bertz CT molecular complexity index is 771. The molecule has 1 aromatic heterocycles. The van der Waals surface area contributed by atoms with Gasteiger partial charge in [0.05, 0.1) is 29.9 Å². The highest BCUT2D eigenvalue weighted by Crippen LogP contribution is 2.21. The molecule has 0 aliphatic carbocycles. The smallest absolute Gasteiger partial charge is 0.337 e. The van der Waals surface area contributed by atoms with Gasteiger partial charge in [0, 0.05) is 12.2 Å². The number of carboxylic acids is 1. The van der Waals surface area contributed by atoms with Crippen LogP contribution in [-0.2, 0) is 16.6 Å². The maximum Gasteiger partial charge on any atom is 0.337 e. The molecule has 0 radical (unpaired) electrons. The molecule has 23 heavy (non-hydrogen) atoms. The van der Waals surface area contributed by atoms with Crippen molar-refractivity contribution in [2.75, 3.05) is 18.5 Å². The molecule has 0 saturated carbocycles. The number of sulfonamides is 1. The lowest BCUT2D eigenvalue weighted by atomic mass is 10.2. The molecule has 124 valence electrons. The summed E-state index contributed by atoms with van der Waals surface area (Å²) in [6, 6.07) is 6.95. The first-order valence-corrected chi connectivity index (χ1v) is 8.16. The standard InChI is InChI=1S/C14H16N2O6S/c17-6-5-15-13-4-3-11(8-12(13)14(18)19)23(20,21)16-9-10-2-1-7-22-10/h1-4,7-8,15-17H,5-6,9H2,(H,18,19). The second-order valence-corrected chi connectivity index (χ2v) is 6.33. The first-order chi connectivity index (χ1) is 10.9. The van der Waals surface area contributed by atoms with Gasteiger partial charge in [-0.3, -0.25) is 0 Å². The fourth-order valence-corrected chi connectivity index (χ4v) is 2.89. The Morgan fingerprint density at radius 2 is 2.04 bits per heavy atom. The lowest BCUT2D eigenvalue weighted by molar-refractivity contribution is 0.0697. The summed E-state index contributed by atoms with van der Waals surface area (Å²) in [6.07, 6.45) is 1.42. The molecule has 2 aromatic rings. The molecule has 0 saturated heterocycles. The van der Waals surface area contributed by atoms with Crippen LogP contribution in [0.25, 0.3) is 0 Å². The predicted octanol–water partition coefficient (Wildman–Crippen LogP) is 0.860. The number of anilines is 1. The molecule has 8 nitrogen and oxygen atoms in total.